The molecular weight excluding hydrogens is 309 g/mol. The Hall–Kier alpha value is -2.66. The number of imidazole rings is 1. The number of fused-ring (bicyclic) bond motifs is 1. The van der Waals surface area contributed by atoms with Crippen LogP contribution >= 0.6 is 11.3 Å². The number of aromatic nitrogens is 2. The highest BCUT2D eigenvalue weighted by atomic mass is 32.1. The van der Waals surface area contributed by atoms with E-state index in [2.05, 4.69) is 4.98 Å². The summed E-state index contributed by atoms with van der Waals surface area (Å²) in [7, 11) is 0. The molecule has 0 saturated carbocycles. The molecular formula is C18H14FN3S. The summed E-state index contributed by atoms with van der Waals surface area (Å²) in [6, 6.07) is 14.5. The van der Waals surface area contributed by atoms with Crippen LogP contribution in [0.15, 0.2) is 53.9 Å². The highest BCUT2D eigenvalue weighted by molar-refractivity contribution is 7.15. The van der Waals surface area contributed by atoms with Crippen molar-refractivity contribution in [2.75, 3.05) is 5.73 Å². The number of nitrogens with zero attached hydrogens (tertiary/aromatic N) is 2. The molecule has 2 aromatic heterocycles. The molecule has 0 bridgehead atoms. The van der Waals surface area contributed by atoms with Crippen molar-refractivity contribution in [2.45, 2.75) is 6.92 Å². The second-order valence-electron chi connectivity index (χ2n) is 5.46. The van der Waals surface area contributed by atoms with Crippen molar-refractivity contribution in [3.63, 3.8) is 0 Å². The topological polar surface area (TPSA) is 43.3 Å². The van der Waals surface area contributed by atoms with Crippen LogP contribution in [0.25, 0.3) is 27.5 Å². The van der Waals surface area contributed by atoms with Crippen LogP contribution in [0.1, 0.15) is 5.56 Å². The van der Waals surface area contributed by atoms with Crippen LogP contribution in [0.3, 0.4) is 0 Å². The predicted octanol–water partition coefficient (Wildman–Crippen LogP) is 4.76. The fraction of sp³-hybridized carbons (Fsp3) is 0.0556. The zero-order chi connectivity index (χ0) is 16.0. The Morgan fingerprint density at radius 2 is 1.65 bits per heavy atom. The van der Waals surface area contributed by atoms with Gasteiger partial charge >= 0.3 is 0 Å². The largest absolute Gasteiger partial charge is 0.383 e. The average Bonchev–Trinajstić information content (AvgIpc) is 3.10. The minimum Gasteiger partial charge on any atom is -0.383 e. The van der Waals surface area contributed by atoms with Gasteiger partial charge in [0.2, 0.25) is 0 Å². The SMILES string of the molecule is Cc1ccc(-c2nc3scc(-c4ccc(F)cc4)n3c2N)cc1. The van der Waals surface area contributed by atoms with Gasteiger partial charge in [-0.05, 0) is 36.8 Å². The van der Waals surface area contributed by atoms with Crippen molar-refractivity contribution in [2.24, 2.45) is 0 Å². The summed E-state index contributed by atoms with van der Waals surface area (Å²) >= 11 is 1.52. The molecule has 5 heteroatoms. The first kappa shape index (κ1) is 14.0. The summed E-state index contributed by atoms with van der Waals surface area (Å²) in [6.45, 7) is 2.05. The summed E-state index contributed by atoms with van der Waals surface area (Å²) < 4.78 is 15.1. The van der Waals surface area contributed by atoms with E-state index >= 15 is 0 Å². The molecule has 2 heterocycles. The zero-order valence-corrected chi connectivity index (χ0v) is 13.3. The van der Waals surface area contributed by atoms with Crippen LogP contribution in [0.2, 0.25) is 0 Å². The van der Waals surface area contributed by atoms with E-state index < -0.39 is 0 Å². The molecule has 4 aromatic rings. The van der Waals surface area contributed by atoms with Crippen LogP contribution in [0.4, 0.5) is 10.2 Å². The molecule has 4 rings (SSSR count). The molecule has 0 saturated heterocycles. The van der Waals surface area contributed by atoms with Gasteiger partial charge in [0.05, 0.1) is 5.69 Å². The lowest BCUT2D eigenvalue weighted by molar-refractivity contribution is 0.628. The van der Waals surface area contributed by atoms with Gasteiger partial charge < -0.3 is 5.73 Å². The third kappa shape index (κ3) is 2.29. The van der Waals surface area contributed by atoms with E-state index in [1.54, 1.807) is 12.1 Å². The van der Waals surface area contributed by atoms with Crippen LogP contribution in [-0.4, -0.2) is 9.38 Å². The van der Waals surface area contributed by atoms with Crippen molar-refractivity contribution in [1.29, 1.82) is 0 Å². The molecule has 0 fully saturated rings. The lowest BCUT2D eigenvalue weighted by Crippen LogP contribution is -1.95. The molecule has 2 aromatic carbocycles. The van der Waals surface area contributed by atoms with E-state index in [1.807, 2.05) is 41.0 Å². The Bertz CT molecular complexity index is 982. The van der Waals surface area contributed by atoms with Crippen molar-refractivity contribution >= 4 is 22.1 Å². The van der Waals surface area contributed by atoms with Gasteiger partial charge in [0, 0.05) is 10.9 Å². The number of anilines is 1. The highest BCUT2D eigenvalue weighted by Gasteiger charge is 2.16. The van der Waals surface area contributed by atoms with Crippen molar-refractivity contribution in [1.82, 2.24) is 9.38 Å². The molecule has 3 nitrogen and oxygen atoms in total. The van der Waals surface area contributed by atoms with Crippen LogP contribution in [0, 0.1) is 12.7 Å². The molecule has 0 unspecified atom stereocenters. The van der Waals surface area contributed by atoms with Crippen molar-refractivity contribution < 1.29 is 4.39 Å². The second-order valence-corrected chi connectivity index (χ2v) is 6.29. The van der Waals surface area contributed by atoms with Crippen LogP contribution in [0.5, 0.6) is 0 Å². The predicted molar refractivity (Wildman–Crippen MR) is 93.0 cm³/mol. The maximum absolute atomic E-state index is 13.1. The van der Waals surface area contributed by atoms with Crippen LogP contribution in [-0.2, 0) is 0 Å². The minimum atomic E-state index is -0.251. The molecule has 0 amide bonds. The third-order valence-corrected chi connectivity index (χ3v) is 4.69. The smallest absolute Gasteiger partial charge is 0.196 e. The number of halogens is 1. The third-order valence-electron chi connectivity index (χ3n) is 3.86. The Balaban J connectivity index is 1.89. The monoisotopic (exact) mass is 323 g/mol. The molecule has 0 atom stereocenters. The van der Waals surface area contributed by atoms with E-state index in [9.17, 15) is 4.39 Å². The van der Waals surface area contributed by atoms with E-state index in [0.717, 1.165) is 27.5 Å². The number of hydrogen-bond acceptors (Lipinski definition) is 3. The van der Waals surface area contributed by atoms with E-state index in [0.29, 0.717) is 5.82 Å². The number of hydrogen-bond donors (Lipinski definition) is 1. The Morgan fingerprint density at radius 3 is 2.35 bits per heavy atom. The second kappa shape index (κ2) is 5.21. The highest BCUT2D eigenvalue weighted by Crippen LogP contribution is 2.34. The molecule has 0 aliphatic carbocycles. The fourth-order valence-electron chi connectivity index (χ4n) is 2.63. The average molecular weight is 323 g/mol. The summed E-state index contributed by atoms with van der Waals surface area (Å²) in [4.78, 5) is 5.49. The quantitative estimate of drug-likeness (QED) is 0.578. The summed E-state index contributed by atoms with van der Waals surface area (Å²) in [5, 5.41) is 1.99. The van der Waals surface area contributed by atoms with E-state index in [-0.39, 0.29) is 5.82 Å². The van der Waals surface area contributed by atoms with E-state index in [4.69, 9.17) is 5.73 Å². The summed E-state index contributed by atoms with van der Waals surface area (Å²) in [6.07, 6.45) is 0. The first-order valence-corrected chi connectivity index (χ1v) is 8.10. The van der Waals surface area contributed by atoms with Gasteiger partial charge in [-0.2, -0.15) is 0 Å². The first-order valence-electron chi connectivity index (χ1n) is 7.22. The number of nitrogens with two attached hydrogens (primary N) is 1. The van der Waals surface area contributed by atoms with Crippen LogP contribution < -0.4 is 5.73 Å². The lowest BCUT2D eigenvalue weighted by atomic mass is 10.1. The van der Waals surface area contributed by atoms with E-state index in [1.165, 1.54) is 29.0 Å². The Kier molecular flexibility index (Phi) is 3.16. The van der Waals surface area contributed by atoms with Crippen molar-refractivity contribution in [3.05, 3.63) is 65.3 Å². The number of nitrogen functional groups attached to an aromatic ring is 1. The maximum Gasteiger partial charge on any atom is 0.196 e. The van der Waals surface area contributed by atoms with Gasteiger partial charge in [-0.3, -0.25) is 4.40 Å². The maximum atomic E-state index is 13.1. The lowest BCUT2D eigenvalue weighted by Gasteiger charge is -2.03. The zero-order valence-electron chi connectivity index (χ0n) is 12.5. The fourth-order valence-corrected chi connectivity index (χ4v) is 3.53. The normalized spacial score (nSPS) is 11.2. The molecule has 114 valence electrons. The minimum absolute atomic E-state index is 0.251. The number of benzene rings is 2. The summed E-state index contributed by atoms with van der Waals surface area (Å²) in [5.41, 5.74) is 11.2. The van der Waals surface area contributed by atoms with Gasteiger partial charge in [-0.15, -0.1) is 11.3 Å². The number of aryl methyl sites for hydroxylation is 1. The molecule has 0 spiro atoms. The standard InChI is InChI=1S/C18H14FN3S/c1-11-2-4-13(5-3-11)16-17(20)22-15(10-23-18(22)21-16)12-6-8-14(19)9-7-12/h2-10H,20H2,1H3. The van der Waals surface area contributed by atoms with Crippen molar-refractivity contribution in [3.8, 4) is 22.5 Å². The van der Waals surface area contributed by atoms with Gasteiger partial charge in [-0.25, -0.2) is 9.37 Å². The van der Waals surface area contributed by atoms with Gasteiger partial charge in [0.25, 0.3) is 0 Å². The number of thiazole rings is 1. The molecule has 0 aliphatic rings. The molecule has 0 radical (unpaired) electrons. The number of rotatable bonds is 2. The van der Waals surface area contributed by atoms with Gasteiger partial charge in [-0.1, -0.05) is 29.8 Å². The molecule has 23 heavy (non-hydrogen) atoms. The van der Waals surface area contributed by atoms with Gasteiger partial charge in [0.1, 0.15) is 17.3 Å². The Morgan fingerprint density at radius 1 is 1.00 bits per heavy atom. The molecule has 0 aliphatic heterocycles. The Labute approximate surface area is 136 Å². The summed E-state index contributed by atoms with van der Waals surface area (Å²) in [5.74, 6) is 0.351. The molecule has 2 N–H and O–H groups in total. The first-order chi connectivity index (χ1) is 11.1. The van der Waals surface area contributed by atoms with Gasteiger partial charge in [0.15, 0.2) is 4.96 Å².